The zero-order chi connectivity index (χ0) is 9.54. The summed E-state index contributed by atoms with van der Waals surface area (Å²) in [6.07, 6.45) is -0.0692. The molecule has 0 saturated carbocycles. The molecular weight excluding hydrogens is 180 g/mol. The number of Topliss-reactive ketones (excluding diaryl/α,β-unsaturated/α-hetero) is 1. The summed E-state index contributed by atoms with van der Waals surface area (Å²) in [6.45, 7) is 0.739. The molecule has 14 heavy (non-hydrogen) atoms. The van der Waals surface area contributed by atoms with Gasteiger partial charge in [0.05, 0.1) is 6.61 Å². The van der Waals surface area contributed by atoms with Gasteiger partial charge in [-0.25, -0.2) is 0 Å². The molecule has 3 rings (SSSR count). The molecule has 3 atom stereocenters. The lowest BCUT2D eigenvalue weighted by Gasteiger charge is -1.94. The van der Waals surface area contributed by atoms with Crippen molar-refractivity contribution in [2.24, 2.45) is 0 Å². The Labute approximate surface area is 81.6 Å². The Bertz CT molecular complexity index is 356. The standard InChI is InChI=1S/C11H10O3/c12-9(7-4-2-1-3-5-7)11-10(14-11)8-6-13-8/h1-5,8,10-11H,6H2/t8-,10+,11+/m0/s1. The molecule has 72 valence electrons. The minimum Gasteiger partial charge on any atom is -0.370 e. The van der Waals surface area contributed by atoms with Gasteiger partial charge in [-0.2, -0.15) is 0 Å². The van der Waals surface area contributed by atoms with Crippen LogP contribution in [-0.4, -0.2) is 30.7 Å². The molecule has 0 aromatic heterocycles. The molecule has 0 spiro atoms. The molecule has 2 aliphatic heterocycles. The molecule has 0 aliphatic carbocycles. The van der Waals surface area contributed by atoms with Crippen LogP contribution in [0.3, 0.4) is 0 Å². The van der Waals surface area contributed by atoms with Gasteiger partial charge in [-0.05, 0) is 0 Å². The van der Waals surface area contributed by atoms with E-state index < -0.39 is 0 Å². The molecule has 0 amide bonds. The van der Waals surface area contributed by atoms with Crippen LogP contribution in [-0.2, 0) is 9.47 Å². The van der Waals surface area contributed by atoms with E-state index in [0.717, 1.165) is 12.2 Å². The predicted molar refractivity (Wildman–Crippen MR) is 49.2 cm³/mol. The topological polar surface area (TPSA) is 42.1 Å². The minimum absolute atomic E-state index is 0.0164. The first-order valence-corrected chi connectivity index (χ1v) is 4.72. The monoisotopic (exact) mass is 190 g/mol. The molecule has 3 heteroatoms. The number of benzene rings is 1. The Kier molecular flexibility index (Phi) is 1.69. The Morgan fingerprint density at radius 1 is 1.29 bits per heavy atom. The summed E-state index contributed by atoms with van der Waals surface area (Å²) in [5.41, 5.74) is 0.723. The molecule has 2 fully saturated rings. The van der Waals surface area contributed by atoms with Crippen LogP contribution in [0.1, 0.15) is 10.4 Å². The first kappa shape index (κ1) is 8.15. The summed E-state index contributed by atoms with van der Waals surface area (Å²) in [5, 5.41) is 0. The minimum atomic E-state index is -0.259. The van der Waals surface area contributed by atoms with Crippen molar-refractivity contribution in [3.63, 3.8) is 0 Å². The number of rotatable bonds is 3. The summed E-state index contributed by atoms with van der Waals surface area (Å²) < 4.78 is 10.4. The molecule has 0 radical (unpaired) electrons. The lowest BCUT2D eigenvalue weighted by Crippen LogP contribution is -2.12. The van der Waals surface area contributed by atoms with Crippen LogP contribution >= 0.6 is 0 Å². The van der Waals surface area contributed by atoms with Crippen LogP contribution in [0.2, 0.25) is 0 Å². The fraction of sp³-hybridized carbons (Fsp3) is 0.364. The Balaban J connectivity index is 1.72. The number of ether oxygens (including phenoxy) is 2. The molecular formula is C11H10O3. The summed E-state index contributed by atoms with van der Waals surface area (Å²) in [5.74, 6) is 0.0751. The van der Waals surface area contributed by atoms with Crippen LogP contribution in [0.25, 0.3) is 0 Å². The van der Waals surface area contributed by atoms with Gasteiger partial charge < -0.3 is 9.47 Å². The number of hydrogen-bond acceptors (Lipinski definition) is 3. The zero-order valence-electron chi connectivity index (χ0n) is 7.55. The second-order valence-corrected chi connectivity index (χ2v) is 3.62. The lowest BCUT2D eigenvalue weighted by molar-refractivity contribution is 0.0953. The molecule has 2 aliphatic rings. The van der Waals surface area contributed by atoms with Crippen molar-refractivity contribution < 1.29 is 14.3 Å². The quantitative estimate of drug-likeness (QED) is 0.528. The number of ketones is 1. The smallest absolute Gasteiger partial charge is 0.194 e. The van der Waals surface area contributed by atoms with Crippen molar-refractivity contribution in [2.45, 2.75) is 18.3 Å². The zero-order valence-corrected chi connectivity index (χ0v) is 7.55. The Morgan fingerprint density at radius 3 is 2.64 bits per heavy atom. The maximum atomic E-state index is 11.8. The van der Waals surface area contributed by atoms with Crippen molar-refractivity contribution >= 4 is 5.78 Å². The van der Waals surface area contributed by atoms with Crippen LogP contribution < -0.4 is 0 Å². The van der Waals surface area contributed by atoms with Crippen molar-refractivity contribution in [2.75, 3.05) is 6.61 Å². The SMILES string of the molecule is O=C(c1ccccc1)[C@H]1O[C@@H]1[C@@H]1CO1. The second-order valence-electron chi connectivity index (χ2n) is 3.62. The van der Waals surface area contributed by atoms with Crippen molar-refractivity contribution in [3.05, 3.63) is 35.9 Å². The molecule has 0 N–H and O–H groups in total. The molecule has 2 heterocycles. The van der Waals surface area contributed by atoms with E-state index in [1.807, 2.05) is 30.3 Å². The van der Waals surface area contributed by atoms with Gasteiger partial charge >= 0.3 is 0 Å². The van der Waals surface area contributed by atoms with Crippen molar-refractivity contribution in [1.82, 2.24) is 0 Å². The van der Waals surface area contributed by atoms with Gasteiger partial charge in [0.25, 0.3) is 0 Å². The average Bonchev–Trinajstić information content (AvgIpc) is 3.07. The van der Waals surface area contributed by atoms with Crippen LogP contribution in [0, 0.1) is 0 Å². The van der Waals surface area contributed by atoms with E-state index >= 15 is 0 Å². The molecule has 1 aromatic rings. The normalized spacial score (nSPS) is 33.9. The third-order valence-corrected chi connectivity index (χ3v) is 2.57. The molecule has 0 unspecified atom stereocenters. The van der Waals surface area contributed by atoms with E-state index in [1.165, 1.54) is 0 Å². The Hall–Kier alpha value is -1.19. The maximum absolute atomic E-state index is 11.8. The van der Waals surface area contributed by atoms with Gasteiger partial charge in [0.1, 0.15) is 18.3 Å². The average molecular weight is 190 g/mol. The number of carbonyl (C=O) groups excluding carboxylic acids is 1. The van der Waals surface area contributed by atoms with E-state index in [0.29, 0.717) is 0 Å². The van der Waals surface area contributed by atoms with Gasteiger partial charge in [0.15, 0.2) is 5.78 Å². The fourth-order valence-electron chi connectivity index (χ4n) is 1.63. The van der Waals surface area contributed by atoms with Crippen LogP contribution in [0.5, 0.6) is 0 Å². The molecule has 1 aromatic carbocycles. The molecule has 0 bridgehead atoms. The maximum Gasteiger partial charge on any atom is 0.194 e. The summed E-state index contributed by atoms with van der Waals surface area (Å²) in [7, 11) is 0. The fourth-order valence-corrected chi connectivity index (χ4v) is 1.63. The third kappa shape index (κ3) is 1.35. The highest BCUT2D eigenvalue weighted by molar-refractivity contribution is 6.01. The molecule has 2 saturated heterocycles. The third-order valence-electron chi connectivity index (χ3n) is 2.57. The largest absolute Gasteiger partial charge is 0.370 e. The number of epoxide rings is 2. The molecule has 3 nitrogen and oxygen atoms in total. The van der Waals surface area contributed by atoms with Crippen molar-refractivity contribution in [3.8, 4) is 0 Å². The highest BCUT2D eigenvalue weighted by Gasteiger charge is 2.54. The lowest BCUT2D eigenvalue weighted by atomic mass is 10.1. The van der Waals surface area contributed by atoms with Gasteiger partial charge in [-0.3, -0.25) is 4.79 Å². The van der Waals surface area contributed by atoms with Gasteiger partial charge in [-0.15, -0.1) is 0 Å². The second kappa shape index (κ2) is 2.90. The van der Waals surface area contributed by atoms with Crippen molar-refractivity contribution in [1.29, 1.82) is 0 Å². The summed E-state index contributed by atoms with van der Waals surface area (Å²) in [6, 6.07) is 9.24. The van der Waals surface area contributed by atoms with Crippen LogP contribution in [0.4, 0.5) is 0 Å². The van der Waals surface area contributed by atoms with E-state index in [-0.39, 0.29) is 24.1 Å². The van der Waals surface area contributed by atoms with Gasteiger partial charge in [0.2, 0.25) is 0 Å². The van der Waals surface area contributed by atoms with E-state index in [1.54, 1.807) is 0 Å². The highest BCUT2D eigenvalue weighted by Crippen LogP contribution is 2.35. The van der Waals surface area contributed by atoms with E-state index in [9.17, 15) is 4.79 Å². The first-order valence-electron chi connectivity index (χ1n) is 4.72. The first-order chi connectivity index (χ1) is 6.86. The predicted octanol–water partition coefficient (Wildman–Crippen LogP) is 1.04. The van der Waals surface area contributed by atoms with Gasteiger partial charge in [0, 0.05) is 5.56 Å². The Morgan fingerprint density at radius 2 is 2.00 bits per heavy atom. The summed E-state index contributed by atoms with van der Waals surface area (Å²) >= 11 is 0. The van der Waals surface area contributed by atoms with E-state index in [4.69, 9.17) is 9.47 Å². The number of carbonyl (C=O) groups is 1. The summed E-state index contributed by atoms with van der Waals surface area (Å²) in [4.78, 5) is 11.8. The number of hydrogen-bond donors (Lipinski definition) is 0. The van der Waals surface area contributed by atoms with Gasteiger partial charge in [-0.1, -0.05) is 30.3 Å². The van der Waals surface area contributed by atoms with Crippen LogP contribution in [0.15, 0.2) is 30.3 Å². The highest BCUT2D eigenvalue weighted by atomic mass is 16.7. The van der Waals surface area contributed by atoms with E-state index in [2.05, 4.69) is 0 Å².